The minimum atomic E-state index is 0.867. The minimum absolute atomic E-state index is 0.867. The molecule has 0 aliphatic carbocycles. The smallest absolute Gasteiger partial charge is 0.0346 e. The molecule has 18 heavy (non-hydrogen) atoms. The normalized spacial score (nSPS) is 10.8. The van der Waals surface area contributed by atoms with Crippen molar-refractivity contribution < 1.29 is 0 Å². The molecule has 3 N–H and O–H groups in total. The van der Waals surface area contributed by atoms with E-state index in [1.54, 1.807) is 0 Å². The molecule has 0 unspecified atom stereocenters. The van der Waals surface area contributed by atoms with Gasteiger partial charge in [-0.05, 0) is 47.5 Å². The Morgan fingerprint density at radius 3 is 2.78 bits per heavy atom. The number of aryl methyl sites for hydroxylation is 2. The average Bonchev–Trinajstić information content (AvgIpc) is 2.81. The van der Waals surface area contributed by atoms with Crippen LogP contribution in [0.4, 0.5) is 5.69 Å². The summed E-state index contributed by atoms with van der Waals surface area (Å²) in [6.45, 7) is 6.04. The van der Waals surface area contributed by atoms with Gasteiger partial charge in [0.25, 0.3) is 0 Å². The Hall–Kier alpha value is -1.32. The summed E-state index contributed by atoms with van der Waals surface area (Å²) in [5.74, 6) is 0. The lowest BCUT2D eigenvalue weighted by Crippen LogP contribution is -2.13. The maximum Gasteiger partial charge on any atom is 0.0346 e. The fraction of sp³-hybridized carbons (Fsp3) is 0.333. The number of hydrogen-bond donors (Lipinski definition) is 2. The molecule has 0 aliphatic heterocycles. The molecule has 1 aromatic heterocycles. The predicted molar refractivity (Wildman–Crippen MR) is 79.8 cm³/mol. The Labute approximate surface area is 113 Å². The van der Waals surface area contributed by atoms with Crippen LogP contribution in [0.5, 0.6) is 0 Å². The number of nitrogens with one attached hydrogen (secondary N) is 1. The molecule has 2 aromatic rings. The maximum absolute atomic E-state index is 5.91. The minimum Gasteiger partial charge on any atom is -0.399 e. The van der Waals surface area contributed by atoms with Crippen molar-refractivity contribution in [3.05, 3.63) is 51.2 Å². The Morgan fingerprint density at radius 1 is 1.22 bits per heavy atom. The number of thiophene rings is 1. The Morgan fingerprint density at radius 2 is 2.06 bits per heavy atom. The molecule has 96 valence electrons. The lowest BCUT2D eigenvalue weighted by Gasteiger charge is -2.07. The lowest BCUT2D eigenvalue weighted by atomic mass is 10.1. The molecule has 2 nitrogen and oxygen atoms in total. The summed E-state index contributed by atoms with van der Waals surface area (Å²) in [5.41, 5.74) is 10.6. The summed E-state index contributed by atoms with van der Waals surface area (Å²) in [7, 11) is 0. The van der Waals surface area contributed by atoms with Crippen molar-refractivity contribution in [3.63, 3.8) is 0 Å². The van der Waals surface area contributed by atoms with Gasteiger partial charge >= 0.3 is 0 Å². The molecule has 0 amide bonds. The molecule has 1 aromatic carbocycles. The van der Waals surface area contributed by atoms with Gasteiger partial charge in [-0.1, -0.05) is 19.1 Å². The van der Waals surface area contributed by atoms with Crippen LogP contribution in [0.25, 0.3) is 0 Å². The summed E-state index contributed by atoms with van der Waals surface area (Å²) >= 11 is 1.83. The Bertz CT molecular complexity index is 517. The second-order valence-corrected chi connectivity index (χ2v) is 5.52. The number of anilines is 1. The van der Waals surface area contributed by atoms with Gasteiger partial charge in [-0.15, -0.1) is 11.3 Å². The van der Waals surface area contributed by atoms with E-state index < -0.39 is 0 Å². The molecule has 0 saturated heterocycles. The monoisotopic (exact) mass is 260 g/mol. The zero-order chi connectivity index (χ0) is 13.0. The number of nitrogens with two attached hydrogens (primary N) is 1. The molecule has 0 spiro atoms. The summed E-state index contributed by atoms with van der Waals surface area (Å²) in [4.78, 5) is 1.44. The number of hydrogen-bond acceptors (Lipinski definition) is 3. The van der Waals surface area contributed by atoms with Crippen molar-refractivity contribution in [3.8, 4) is 0 Å². The first-order valence-electron chi connectivity index (χ1n) is 6.31. The first-order chi connectivity index (χ1) is 8.70. The average molecular weight is 260 g/mol. The lowest BCUT2D eigenvalue weighted by molar-refractivity contribution is 0.697. The van der Waals surface area contributed by atoms with Crippen molar-refractivity contribution in [2.75, 3.05) is 5.73 Å². The molecule has 0 radical (unpaired) electrons. The van der Waals surface area contributed by atoms with Crippen LogP contribution in [0.1, 0.15) is 28.5 Å². The molecule has 0 aliphatic rings. The van der Waals surface area contributed by atoms with Crippen LogP contribution in [0.3, 0.4) is 0 Å². The summed E-state index contributed by atoms with van der Waals surface area (Å²) in [5, 5.41) is 5.65. The first-order valence-corrected chi connectivity index (χ1v) is 7.19. The van der Waals surface area contributed by atoms with Crippen molar-refractivity contribution >= 4 is 17.0 Å². The van der Waals surface area contributed by atoms with E-state index in [9.17, 15) is 0 Å². The molecule has 0 fully saturated rings. The van der Waals surface area contributed by atoms with Gasteiger partial charge in [-0.25, -0.2) is 0 Å². The fourth-order valence-electron chi connectivity index (χ4n) is 1.96. The Balaban J connectivity index is 1.90. The van der Waals surface area contributed by atoms with Crippen LogP contribution in [0, 0.1) is 6.92 Å². The number of benzene rings is 1. The van der Waals surface area contributed by atoms with E-state index in [0.717, 1.165) is 30.8 Å². The summed E-state index contributed by atoms with van der Waals surface area (Å²) in [6.07, 6.45) is 1.11. The Kier molecular flexibility index (Phi) is 4.39. The SMILES string of the molecule is CCc1ccsc1CNCc1ccc(C)c(N)c1. The molecular formula is C15H20N2S. The standard InChI is InChI=1S/C15H20N2S/c1-3-13-6-7-18-15(13)10-17-9-12-5-4-11(2)14(16)8-12/h4-8,17H,3,9-10,16H2,1-2H3. The van der Waals surface area contributed by atoms with Gasteiger partial charge in [0, 0.05) is 23.7 Å². The molecule has 0 saturated carbocycles. The highest BCUT2D eigenvalue weighted by atomic mass is 32.1. The van der Waals surface area contributed by atoms with Crippen LogP contribution in [-0.2, 0) is 19.5 Å². The molecule has 1 heterocycles. The maximum atomic E-state index is 5.91. The van der Waals surface area contributed by atoms with E-state index >= 15 is 0 Å². The third-order valence-electron chi connectivity index (χ3n) is 3.18. The second-order valence-electron chi connectivity index (χ2n) is 4.52. The molecular weight excluding hydrogens is 240 g/mol. The van der Waals surface area contributed by atoms with E-state index in [2.05, 4.69) is 41.9 Å². The van der Waals surface area contributed by atoms with Gasteiger partial charge in [0.05, 0.1) is 0 Å². The topological polar surface area (TPSA) is 38.0 Å². The quantitative estimate of drug-likeness (QED) is 0.808. The van der Waals surface area contributed by atoms with Crippen molar-refractivity contribution in [2.45, 2.75) is 33.4 Å². The summed E-state index contributed by atoms with van der Waals surface area (Å²) in [6, 6.07) is 8.48. The fourth-order valence-corrected chi connectivity index (χ4v) is 2.90. The van der Waals surface area contributed by atoms with Crippen molar-refractivity contribution in [2.24, 2.45) is 0 Å². The largest absolute Gasteiger partial charge is 0.399 e. The third kappa shape index (κ3) is 3.12. The molecule has 0 atom stereocenters. The third-order valence-corrected chi connectivity index (χ3v) is 4.14. The molecule has 0 bridgehead atoms. The second kappa shape index (κ2) is 6.03. The van der Waals surface area contributed by atoms with E-state index in [-0.39, 0.29) is 0 Å². The van der Waals surface area contributed by atoms with Gasteiger partial charge in [0.15, 0.2) is 0 Å². The number of nitrogen functional groups attached to an aromatic ring is 1. The van der Waals surface area contributed by atoms with E-state index in [1.165, 1.54) is 16.0 Å². The van der Waals surface area contributed by atoms with Crippen LogP contribution < -0.4 is 11.1 Å². The van der Waals surface area contributed by atoms with Gasteiger partial charge in [0.2, 0.25) is 0 Å². The van der Waals surface area contributed by atoms with Gasteiger partial charge in [-0.3, -0.25) is 0 Å². The van der Waals surface area contributed by atoms with Gasteiger partial charge < -0.3 is 11.1 Å². The first kappa shape index (κ1) is 13.1. The van der Waals surface area contributed by atoms with Crippen LogP contribution in [-0.4, -0.2) is 0 Å². The zero-order valence-electron chi connectivity index (χ0n) is 11.0. The summed E-state index contributed by atoms with van der Waals surface area (Å²) < 4.78 is 0. The highest BCUT2D eigenvalue weighted by Gasteiger charge is 2.02. The highest BCUT2D eigenvalue weighted by Crippen LogP contribution is 2.17. The van der Waals surface area contributed by atoms with Crippen molar-refractivity contribution in [1.82, 2.24) is 5.32 Å². The van der Waals surface area contributed by atoms with Crippen molar-refractivity contribution in [1.29, 1.82) is 0 Å². The van der Waals surface area contributed by atoms with Crippen LogP contribution in [0.2, 0.25) is 0 Å². The van der Waals surface area contributed by atoms with Crippen LogP contribution in [0.15, 0.2) is 29.6 Å². The predicted octanol–water partition coefficient (Wildman–Crippen LogP) is 3.49. The zero-order valence-corrected chi connectivity index (χ0v) is 11.8. The van der Waals surface area contributed by atoms with E-state index in [1.807, 2.05) is 18.3 Å². The highest BCUT2D eigenvalue weighted by molar-refractivity contribution is 7.10. The van der Waals surface area contributed by atoms with Gasteiger partial charge in [0.1, 0.15) is 0 Å². The van der Waals surface area contributed by atoms with E-state index in [4.69, 9.17) is 5.73 Å². The molecule has 3 heteroatoms. The number of rotatable bonds is 5. The molecule has 2 rings (SSSR count). The van der Waals surface area contributed by atoms with Crippen LogP contribution >= 0.6 is 11.3 Å². The van der Waals surface area contributed by atoms with Gasteiger partial charge in [-0.2, -0.15) is 0 Å². The van der Waals surface area contributed by atoms with E-state index in [0.29, 0.717) is 0 Å².